The van der Waals surface area contributed by atoms with E-state index in [1.807, 2.05) is 32.9 Å². The van der Waals surface area contributed by atoms with Crippen LogP contribution in [0.4, 0.5) is 11.4 Å². The second kappa shape index (κ2) is 9.21. The Balaban J connectivity index is 2.45. The first kappa shape index (κ1) is 21.9. The van der Waals surface area contributed by atoms with Gasteiger partial charge in [-0.2, -0.15) is 4.31 Å². The number of anilines is 2. The normalized spacial score (nSPS) is 11.5. The van der Waals surface area contributed by atoms with Gasteiger partial charge in [0.25, 0.3) is 5.91 Å². The summed E-state index contributed by atoms with van der Waals surface area (Å²) in [6, 6.07) is 10.4. The minimum atomic E-state index is -3.62. The van der Waals surface area contributed by atoms with E-state index in [0.717, 1.165) is 11.1 Å². The molecule has 0 bridgehead atoms. The van der Waals surface area contributed by atoms with Crippen molar-refractivity contribution in [2.24, 2.45) is 0 Å². The Labute approximate surface area is 168 Å². The molecule has 152 valence electrons. The van der Waals surface area contributed by atoms with Gasteiger partial charge in [-0.3, -0.25) is 4.79 Å². The lowest BCUT2D eigenvalue weighted by Crippen LogP contribution is -2.30. The number of nitrogens with zero attached hydrogens (tertiary/aromatic N) is 1. The lowest BCUT2D eigenvalue weighted by atomic mass is 10.1. The number of amides is 1. The Morgan fingerprint density at radius 3 is 2.21 bits per heavy atom. The highest BCUT2D eigenvalue weighted by molar-refractivity contribution is 7.89. The van der Waals surface area contributed by atoms with Crippen LogP contribution in [0.1, 0.15) is 42.3 Å². The van der Waals surface area contributed by atoms with E-state index in [4.69, 9.17) is 0 Å². The molecule has 0 spiro atoms. The molecule has 0 fully saturated rings. The number of aryl methyl sites for hydroxylation is 2. The Morgan fingerprint density at radius 1 is 0.964 bits per heavy atom. The number of hydrogen-bond donors (Lipinski definition) is 2. The number of rotatable bonds is 8. The summed E-state index contributed by atoms with van der Waals surface area (Å²) in [4.78, 5) is 13.0. The predicted molar refractivity (Wildman–Crippen MR) is 115 cm³/mol. The Hall–Kier alpha value is -2.38. The molecular weight excluding hydrogens is 374 g/mol. The van der Waals surface area contributed by atoms with Crippen molar-refractivity contribution in [2.75, 3.05) is 30.3 Å². The largest absolute Gasteiger partial charge is 0.384 e. The third-order valence-electron chi connectivity index (χ3n) is 4.58. The molecule has 0 saturated heterocycles. The first-order chi connectivity index (χ1) is 13.2. The fraction of sp³-hybridized carbons (Fsp3) is 0.381. The highest BCUT2D eigenvalue weighted by Gasteiger charge is 2.23. The van der Waals surface area contributed by atoms with Crippen LogP contribution in [0.15, 0.2) is 41.3 Å². The molecule has 0 saturated carbocycles. The molecule has 0 heterocycles. The average molecular weight is 404 g/mol. The number of sulfonamides is 1. The van der Waals surface area contributed by atoms with Crippen LogP contribution in [0.25, 0.3) is 0 Å². The molecule has 0 aliphatic heterocycles. The predicted octanol–water partition coefficient (Wildman–Crippen LogP) is 4.02. The van der Waals surface area contributed by atoms with Gasteiger partial charge < -0.3 is 10.6 Å². The van der Waals surface area contributed by atoms with E-state index in [9.17, 15) is 13.2 Å². The van der Waals surface area contributed by atoms with Gasteiger partial charge in [-0.25, -0.2) is 8.42 Å². The van der Waals surface area contributed by atoms with E-state index in [-0.39, 0.29) is 10.8 Å². The summed E-state index contributed by atoms with van der Waals surface area (Å²) in [5.41, 5.74) is 3.63. The summed E-state index contributed by atoms with van der Waals surface area (Å²) in [6.07, 6.45) is 0. The van der Waals surface area contributed by atoms with Crippen LogP contribution in [0.3, 0.4) is 0 Å². The minimum absolute atomic E-state index is 0.161. The number of carbonyl (C=O) groups excluding carboxylic acids is 1. The zero-order valence-corrected chi connectivity index (χ0v) is 18.0. The summed E-state index contributed by atoms with van der Waals surface area (Å²) in [5.74, 6) is -0.269. The van der Waals surface area contributed by atoms with Gasteiger partial charge >= 0.3 is 0 Å². The summed E-state index contributed by atoms with van der Waals surface area (Å²) in [5, 5.41) is 6.04. The molecule has 1 amide bonds. The maximum atomic E-state index is 12.9. The highest BCUT2D eigenvalue weighted by atomic mass is 32.2. The van der Waals surface area contributed by atoms with Crippen LogP contribution in [-0.2, 0) is 10.0 Å². The molecule has 7 heteroatoms. The Morgan fingerprint density at radius 2 is 1.64 bits per heavy atom. The summed E-state index contributed by atoms with van der Waals surface area (Å²) < 4.78 is 27.1. The molecule has 2 N–H and O–H groups in total. The topological polar surface area (TPSA) is 78.5 Å². The van der Waals surface area contributed by atoms with Gasteiger partial charge in [0, 0.05) is 25.2 Å². The van der Waals surface area contributed by atoms with E-state index >= 15 is 0 Å². The quantitative estimate of drug-likeness (QED) is 0.698. The molecule has 0 unspecified atom stereocenters. The van der Waals surface area contributed by atoms with Gasteiger partial charge in [0.1, 0.15) is 0 Å². The molecule has 6 nitrogen and oxygen atoms in total. The van der Waals surface area contributed by atoms with Gasteiger partial charge in [0.2, 0.25) is 10.0 Å². The van der Waals surface area contributed by atoms with Crippen LogP contribution in [0, 0.1) is 13.8 Å². The molecule has 0 radical (unpaired) electrons. The fourth-order valence-electron chi connectivity index (χ4n) is 3.10. The van der Waals surface area contributed by atoms with Crippen LogP contribution in [0.2, 0.25) is 0 Å². The fourth-order valence-corrected chi connectivity index (χ4v) is 4.59. The van der Waals surface area contributed by atoms with Gasteiger partial charge in [-0.15, -0.1) is 0 Å². The molecule has 0 atom stereocenters. The minimum Gasteiger partial charge on any atom is -0.384 e. The van der Waals surface area contributed by atoms with E-state index in [1.165, 1.54) is 10.4 Å². The van der Waals surface area contributed by atoms with Crippen molar-refractivity contribution < 1.29 is 13.2 Å². The van der Waals surface area contributed by atoms with Crippen molar-refractivity contribution in [3.05, 3.63) is 53.1 Å². The maximum Gasteiger partial charge on any atom is 0.255 e. The molecule has 2 aromatic rings. The maximum absolute atomic E-state index is 12.9. The molecule has 2 aromatic carbocycles. The van der Waals surface area contributed by atoms with Gasteiger partial charge in [0.05, 0.1) is 16.3 Å². The Kier molecular flexibility index (Phi) is 7.21. The van der Waals surface area contributed by atoms with Crippen LogP contribution >= 0.6 is 0 Å². The highest BCUT2D eigenvalue weighted by Crippen LogP contribution is 2.28. The molecule has 0 aromatic heterocycles. The third-order valence-corrected chi connectivity index (χ3v) is 6.62. The number of hydrogen-bond acceptors (Lipinski definition) is 4. The van der Waals surface area contributed by atoms with Gasteiger partial charge in [0.15, 0.2) is 0 Å². The van der Waals surface area contributed by atoms with Crippen molar-refractivity contribution in [2.45, 2.75) is 39.5 Å². The van der Waals surface area contributed by atoms with E-state index < -0.39 is 10.0 Å². The van der Waals surface area contributed by atoms with E-state index in [2.05, 4.69) is 10.6 Å². The van der Waals surface area contributed by atoms with Gasteiger partial charge in [-0.1, -0.05) is 31.5 Å². The zero-order chi connectivity index (χ0) is 20.9. The molecule has 2 rings (SSSR count). The Bertz CT molecular complexity index is 951. The van der Waals surface area contributed by atoms with Crippen molar-refractivity contribution in [3.8, 4) is 0 Å². The lowest BCUT2D eigenvalue weighted by Gasteiger charge is -2.20. The van der Waals surface area contributed by atoms with Crippen LogP contribution in [-0.4, -0.2) is 38.3 Å². The first-order valence-electron chi connectivity index (χ1n) is 9.51. The average Bonchev–Trinajstić information content (AvgIpc) is 2.63. The molecule has 28 heavy (non-hydrogen) atoms. The standard InChI is InChI=1S/C21H29N3O3S/c1-6-22-19-12-10-17(28(26,27)24(7-2)8-3)14-20(19)23-21(25)18-11-9-15(4)13-16(18)5/h9-14,22H,6-8H2,1-5H3,(H,23,25). The lowest BCUT2D eigenvalue weighted by molar-refractivity contribution is 0.102. The van der Waals surface area contributed by atoms with E-state index in [0.29, 0.717) is 36.6 Å². The second-order valence-corrected chi connectivity index (χ2v) is 8.54. The van der Waals surface area contributed by atoms with Crippen molar-refractivity contribution in [1.29, 1.82) is 0 Å². The number of benzene rings is 2. The van der Waals surface area contributed by atoms with Crippen molar-refractivity contribution >= 4 is 27.3 Å². The first-order valence-corrected chi connectivity index (χ1v) is 10.9. The van der Waals surface area contributed by atoms with Crippen molar-refractivity contribution in [1.82, 2.24) is 4.31 Å². The number of nitrogens with one attached hydrogen (secondary N) is 2. The number of carbonyl (C=O) groups is 1. The van der Waals surface area contributed by atoms with Crippen LogP contribution in [0.5, 0.6) is 0 Å². The third kappa shape index (κ3) is 4.72. The van der Waals surface area contributed by atoms with Crippen LogP contribution < -0.4 is 10.6 Å². The summed E-state index contributed by atoms with van der Waals surface area (Å²) in [7, 11) is -3.62. The van der Waals surface area contributed by atoms with Gasteiger partial charge in [-0.05, 0) is 50.6 Å². The summed E-state index contributed by atoms with van der Waals surface area (Å²) >= 11 is 0. The van der Waals surface area contributed by atoms with E-state index in [1.54, 1.807) is 32.0 Å². The van der Waals surface area contributed by atoms with Crippen molar-refractivity contribution in [3.63, 3.8) is 0 Å². The zero-order valence-electron chi connectivity index (χ0n) is 17.2. The molecular formula is C21H29N3O3S. The molecule has 0 aliphatic carbocycles. The monoisotopic (exact) mass is 403 g/mol. The second-order valence-electron chi connectivity index (χ2n) is 6.60. The smallest absolute Gasteiger partial charge is 0.255 e. The SMILES string of the molecule is CCNc1ccc(S(=O)(=O)N(CC)CC)cc1NC(=O)c1ccc(C)cc1C. The molecule has 0 aliphatic rings. The summed E-state index contributed by atoms with van der Waals surface area (Å²) in [6.45, 7) is 10.8.